The zero-order chi connectivity index (χ0) is 11.4. The summed E-state index contributed by atoms with van der Waals surface area (Å²) >= 11 is 5.85. The highest BCUT2D eigenvalue weighted by Gasteiger charge is 2.17. The van der Waals surface area contributed by atoms with Gasteiger partial charge < -0.3 is 10.6 Å². The molecule has 1 aliphatic heterocycles. The molecule has 0 radical (unpaired) electrons. The third-order valence-corrected chi connectivity index (χ3v) is 2.98. The predicted molar refractivity (Wildman–Crippen MR) is 62.6 cm³/mol. The van der Waals surface area contributed by atoms with Crippen LogP contribution in [0, 0.1) is 0 Å². The van der Waals surface area contributed by atoms with E-state index in [1.165, 1.54) is 0 Å². The average Bonchev–Trinajstić information content (AvgIpc) is 2.31. The number of carbonyl (C=O) groups excluding carboxylic acids is 1. The normalized spacial score (nSPS) is 17.1. The molecule has 0 aliphatic carbocycles. The number of hydrogen-bond donors (Lipinski definition) is 2. The third-order valence-electron chi connectivity index (χ3n) is 2.68. The number of rotatable bonds is 2. The molecule has 2 heterocycles. The molecule has 0 saturated carbocycles. The largest absolute Gasteiger partial charge is 0.349 e. The fourth-order valence-corrected chi connectivity index (χ4v) is 1.99. The Kier molecular flexibility index (Phi) is 3.74. The van der Waals surface area contributed by atoms with Gasteiger partial charge in [-0.05, 0) is 38.1 Å². The topological polar surface area (TPSA) is 54.0 Å². The van der Waals surface area contributed by atoms with Gasteiger partial charge in [0.1, 0.15) is 5.15 Å². The summed E-state index contributed by atoms with van der Waals surface area (Å²) in [5, 5.41) is 6.48. The Morgan fingerprint density at radius 3 is 2.94 bits per heavy atom. The quantitative estimate of drug-likeness (QED) is 0.763. The first-order valence-corrected chi connectivity index (χ1v) is 5.77. The number of nitrogens with one attached hydrogen (secondary N) is 2. The molecule has 1 saturated heterocycles. The van der Waals surface area contributed by atoms with E-state index >= 15 is 0 Å². The Bertz CT molecular complexity index is 377. The van der Waals surface area contributed by atoms with Crippen LogP contribution in [-0.4, -0.2) is 30.0 Å². The Balaban J connectivity index is 2.00. The Morgan fingerprint density at radius 1 is 1.50 bits per heavy atom. The smallest absolute Gasteiger partial charge is 0.254 e. The van der Waals surface area contributed by atoms with E-state index < -0.39 is 0 Å². The van der Waals surface area contributed by atoms with Gasteiger partial charge >= 0.3 is 0 Å². The Hall–Kier alpha value is -1.13. The van der Waals surface area contributed by atoms with E-state index in [0.29, 0.717) is 5.56 Å². The molecule has 1 aromatic heterocycles. The number of carbonyl (C=O) groups is 1. The summed E-state index contributed by atoms with van der Waals surface area (Å²) in [6.45, 7) is 1.90. The molecule has 1 aliphatic rings. The minimum absolute atomic E-state index is 0.134. The Labute approximate surface area is 99.4 Å². The molecule has 4 nitrogen and oxygen atoms in total. The second-order valence-electron chi connectivity index (χ2n) is 3.84. The van der Waals surface area contributed by atoms with Crippen LogP contribution >= 0.6 is 11.6 Å². The van der Waals surface area contributed by atoms with Crippen molar-refractivity contribution in [2.24, 2.45) is 0 Å². The highest BCUT2D eigenvalue weighted by atomic mass is 35.5. The zero-order valence-corrected chi connectivity index (χ0v) is 9.63. The molecule has 0 unspecified atom stereocenters. The number of hydrogen-bond acceptors (Lipinski definition) is 3. The summed E-state index contributed by atoms with van der Waals surface area (Å²) < 4.78 is 0. The first-order valence-electron chi connectivity index (χ1n) is 5.39. The zero-order valence-electron chi connectivity index (χ0n) is 8.87. The molecule has 0 aromatic carbocycles. The van der Waals surface area contributed by atoms with Gasteiger partial charge in [-0.15, -0.1) is 0 Å². The summed E-state index contributed by atoms with van der Waals surface area (Å²) in [5.41, 5.74) is 0.447. The number of pyridine rings is 1. The maximum Gasteiger partial charge on any atom is 0.254 e. The lowest BCUT2D eigenvalue weighted by atomic mass is 10.1. The van der Waals surface area contributed by atoms with E-state index in [4.69, 9.17) is 11.6 Å². The standard InChI is InChI=1S/C11H14ClN3O/c12-10-9(2-1-5-14-10)11(16)15-8-3-6-13-7-4-8/h1-2,5,8,13H,3-4,6-7H2,(H,15,16). The van der Waals surface area contributed by atoms with E-state index in [1.807, 2.05) is 0 Å². The molecule has 16 heavy (non-hydrogen) atoms. The highest BCUT2D eigenvalue weighted by molar-refractivity contribution is 6.32. The van der Waals surface area contributed by atoms with Gasteiger partial charge in [0.05, 0.1) is 5.56 Å². The predicted octanol–water partition coefficient (Wildman–Crippen LogP) is 1.22. The van der Waals surface area contributed by atoms with Crippen molar-refractivity contribution < 1.29 is 4.79 Å². The molecule has 86 valence electrons. The van der Waals surface area contributed by atoms with Gasteiger partial charge in [-0.3, -0.25) is 4.79 Å². The molecular weight excluding hydrogens is 226 g/mol. The maximum absolute atomic E-state index is 11.9. The molecule has 1 fully saturated rings. The van der Waals surface area contributed by atoms with Gasteiger partial charge in [0.15, 0.2) is 0 Å². The first kappa shape index (κ1) is 11.4. The van der Waals surface area contributed by atoms with Gasteiger partial charge in [0.2, 0.25) is 0 Å². The third kappa shape index (κ3) is 2.71. The highest BCUT2D eigenvalue weighted by Crippen LogP contribution is 2.12. The van der Waals surface area contributed by atoms with Crippen molar-refractivity contribution in [2.45, 2.75) is 18.9 Å². The van der Waals surface area contributed by atoms with Crippen LogP contribution in [0.2, 0.25) is 5.15 Å². The summed E-state index contributed by atoms with van der Waals surface area (Å²) in [6.07, 6.45) is 3.50. The van der Waals surface area contributed by atoms with E-state index in [1.54, 1.807) is 18.3 Å². The number of nitrogens with zero attached hydrogens (tertiary/aromatic N) is 1. The summed E-state index contributed by atoms with van der Waals surface area (Å²) in [4.78, 5) is 15.8. The lowest BCUT2D eigenvalue weighted by Gasteiger charge is -2.23. The van der Waals surface area contributed by atoms with Crippen LogP contribution in [0.15, 0.2) is 18.3 Å². The maximum atomic E-state index is 11.9. The number of piperidine rings is 1. The molecule has 1 amide bonds. The van der Waals surface area contributed by atoms with E-state index in [9.17, 15) is 4.79 Å². The minimum Gasteiger partial charge on any atom is -0.349 e. The van der Waals surface area contributed by atoms with Crippen LogP contribution < -0.4 is 10.6 Å². The van der Waals surface area contributed by atoms with Gasteiger partial charge in [-0.2, -0.15) is 0 Å². The summed E-state index contributed by atoms with van der Waals surface area (Å²) in [7, 11) is 0. The molecule has 1 aromatic rings. The number of aromatic nitrogens is 1. The number of halogens is 1. The molecule has 0 bridgehead atoms. The lowest BCUT2D eigenvalue weighted by Crippen LogP contribution is -2.42. The van der Waals surface area contributed by atoms with Crippen molar-refractivity contribution in [3.05, 3.63) is 29.0 Å². The van der Waals surface area contributed by atoms with Crippen LogP contribution in [0.5, 0.6) is 0 Å². The van der Waals surface area contributed by atoms with Crippen molar-refractivity contribution in [2.75, 3.05) is 13.1 Å². The molecule has 0 atom stereocenters. The Morgan fingerprint density at radius 2 is 2.25 bits per heavy atom. The lowest BCUT2D eigenvalue weighted by molar-refractivity contribution is 0.0929. The van der Waals surface area contributed by atoms with Crippen LogP contribution in [0.25, 0.3) is 0 Å². The second-order valence-corrected chi connectivity index (χ2v) is 4.20. The van der Waals surface area contributed by atoms with Crippen LogP contribution in [0.3, 0.4) is 0 Å². The number of amides is 1. The van der Waals surface area contributed by atoms with E-state index in [2.05, 4.69) is 15.6 Å². The fraction of sp³-hybridized carbons (Fsp3) is 0.455. The van der Waals surface area contributed by atoms with Crippen molar-refractivity contribution in [1.82, 2.24) is 15.6 Å². The van der Waals surface area contributed by atoms with Crippen LogP contribution in [-0.2, 0) is 0 Å². The van der Waals surface area contributed by atoms with E-state index in [-0.39, 0.29) is 17.1 Å². The van der Waals surface area contributed by atoms with Crippen molar-refractivity contribution in [1.29, 1.82) is 0 Å². The molecule has 2 N–H and O–H groups in total. The van der Waals surface area contributed by atoms with Crippen LogP contribution in [0.1, 0.15) is 23.2 Å². The van der Waals surface area contributed by atoms with Crippen molar-refractivity contribution in [3.8, 4) is 0 Å². The summed E-state index contributed by atoms with van der Waals surface area (Å²) in [5.74, 6) is -0.134. The SMILES string of the molecule is O=C(NC1CCNCC1)c1cccnc1Cl. The average molecular weight is 240 g/mol. The fourth-order valence-electron chi connectivity index (χ4n) is 1.78. The van der Waals surface area contributed by atoms with Crippen molar-refractivity contribution in [3.63, 3.8) is 0 Å². The molecular formula is C11H14ClN3O. The first-order chi connectivity index (χ1) is 7.77. The van der Waals surface area contributed by atoms with Crippen molar-refractivity contribution >= 4 is 17.5 Å². The summed E-state index contributed by atoms with van der Waals surface area (Å²) in [6, 6.07) is 3.64. The van der Waals surface area contributed by atoms with Gasteiger partial charge in [-0.1, -0.05) is 11.6 Å². The minimum atomic E-state index is -0.134. The van der Waals surface area contributed by atoms with E-state index in [0.717, 1.165) is 25.9 Å². The van der Waals surface area contributed by atoms with Gasteiger partial charge in [-0.25, -0.2) is 4.98 Å². The van der Waals surface area contributed by atoms with Gasteiger partial charge in [0, 0.05) is 12.2 Å². The van der Waals surface area contributed by atoms with Gasteiger partial charge in [0.25, 0.3) is 5.91 Å². The molecule has 0 spiro atoms. The monoisotopic (exact) mass is 239 g/mol. The van der Waals surface area contributed by atoms with Crippen LogP contribution in [0.4, 0.5) is 0 Å². The molecule has 5 heteroatoms. The molecule has 2 rings (SSSR count). The second kappa shape index (κ2) is 5.27.